The summed E-state index contributed by atoms with van der Waals surface area (Å²) in [5.41, 5.74) is 2.31. The second-order valence-corrected chi connectivity index (χ2v) is 9.89. The first-order valence-electron chi connectivity index (χ1n) is 10.2. The monoisotopic (exact) mass is 453 g/mol. The van der Waals surface area contributed by atoms with Gasteiger partial charge >= 0.3 is 5.97 Å². The molecule has 3 aromatic rings. The molecule has 1 atom stereocenters. The molecule has 2 heterocycles. The number of carbonyl (C=O) groups is 2. The number of sulfone groups is 1. The Labute approximate surface area is 186 Å². The molecule has 9 heteroatoms. The van der Waals surface area contributed by atoms with Crippen molar-refractivity contribution in [1.29, 1.82) is 0 Å². The Morgan fingerprint density at radius 1 is 1.09 bits per heavy atom. The zero-order valence-electron chi connectivity index (χ0n) is 17.5. The van der Waals surface area contributed by atoms with Crippen molar-refractivity contribution in [3.8, 4) is 16.9 Å². The first kappa shape index (κ1) is 21.8. The standard InChI is InChI=1S/C23H23N3O5S/c1-25(19-12-13-32(29,30)16-19)22(27)15-31-23(28)21-14-20(17-8-4-2-5-9-17)24-26(21)18-10-6-3-7-11-18/h2-11,14,19H,12-13,15-16H2,1H3/t19-/m0/s1. The molecule has 1 aromatic heterocycles. The van der Waals surface area contributed by atoms with Gasteiger partial charge in [-0.1, -0.05) is 48.5 Å². The zero-order chi connectivity index (χ0) is 22.7. The minimum atomic E-state index is -3.12. The topological polar surface area (TPSA) is 98.6 Å². The maximum Gasteiger partial charge on any atom is 0.357 e. The highest BCUT2D eigenvalue weighted by molar-refractivity contribution is 7.91. The minimum absolute atomic E-state index is 0.0631. The summed E-state index contributed by atoms with van der Waals surface area (Å²) in [5, 5.41) is 4.57. The Balaban J connectivity index is 1.52. The maximum absolute atomic E-state index is 12.9. The maximum atomic E-state index is 12.9. The molecule has 1 saturated heterocycles. The molecular weight excluding hydrogens is 430 g/mol. The smallest absolute Gasteiger partial charge is 0.357 e. The van der Waals surface area contributed by atoms with Crippen molar-refractivity contribution in [2.24, 2.45) is 0 Å². The van der Waals surface area contributed by atoms with Gasteiger partial charge in [0.1, 0.15) is 0 Å². The molecule has 4 rings (SSSR count). The highest BCUT2D eigenvalue weighted by atomic mass is 32.2. The Hall–Kier alpha value is -3.46. The summed E-state index contributed by atoms with van der Waals surface area (Å²) in [6.07, 6.45) is 0.389. The lowest BCUT2D eigenvalue weighted by atomic mass is 10.1. The molecule has 0 unspecified atom stereocenters. The van der Waals surface area contributed by atoms with Crippen LogP contribution in [-0.2, 0) is 19.4 Å². The van der Waals surface area contributed by atoms with Crippen LogP contribution >= 0.6 is 0 Å². The third-order valence-electron chi connectivity index (χ3n) is 5.47. The van der Waals surface area contributed by atoms with Crippen molar-refractivity contribution in [2.75, 3.05) is 25.2 Å². The van der Waals surface area contributed by atoms with Gasteiger partial charge in [-0.05, 0) is 24.6 Å². The average Bonchev–Trinajstić information content (AvgIpc) is 3.41. The molecule has 32 heavy (non-hydrogen) atoms. The molecule has 0 bridgehead atoms. The third kappa shape index (κ3) is 4.72. The van der Waals surface area contributed by atoms with Crippen molar-refractivity contribution < 1.29 is 22.7 Å². The summed E-state index contributed by atoms with van der Waals surface area (Å²) < 4.78 is 30.1. The van der Waals surface area contributed by atoms with Crippen LogP contribution in [0.3, 0.4) is 0 Å². The molecular formula is C23H23N3O5S. The van der Waals surface area contributed by atoms with Gasteiger partial charge in [0.05, 0.1) is 22.9 Å². The number of ether oxygens (including phenoxy) is 1. The SMILES string of the molecule is CN(C(=O)COC(=O)c1cc(-c2ccccc2)nn1-c1ccccc1)[C@H]1CCS(=O)(=O)C1. The van der Waals surface area contributed by atoms with E-state index in [1.165, 1.54) is 16.6 Å². The van der Waals surface area contributed by atoms with Crippen molar-refractivity contribution in [3.05, 3.63) is 72.4 Å². The molecule has 1 aliphatic heterocycles. The van der Waals surface area contributed by atoms with Gasteiger partial charge in [-0.3, -0.25) is 4.79 Å². The van der Waals surface area contributed by atoms with Gasteiger partial charge in [0.25, 0.3) is 5.91 Å². The van der Waals surface area contributed by atoms with E-state index in [0.717, 1.165) is 5.56 Å². The second-order valence-electron chi connectivity index (χ2n) is 7.67. The van der Waals surface area contributed by atoms with E-state index < -0.39 is 34.4 Å². The average molecular weight is 454 g/mol. The number of esters is 1. The van der Waals surface area contributed by atoms with Crippen LogP contribution in [0.25, 0.3) is 16.9 Å². The van der Waals surface area contributed by atoms with Crippen molar-refractivity contribution in [1.82, 2.24) is 14.7 Å². The number of rotatable bonds is 6. The molecule has 1 amide bonds. The van der Waals surface area contributed by atoms with E-state index in [4.69, 9.17) is 4.74 Å². The van der Waals surface area contributed by atoms with Crippen LogP contribution in [-0.4, -0.2) is 66.2 Å². The van der Waals surface area contributed by atoms with Crippen LogP contribution in [0.15, 0.2) is 66.7 Å². The molecule has 2 aromatic carbocycles. The number of likely N-dealkylation sites (N-methyl/N-ethyl adjacent to an activating group) is 1. The van der Waals surface area contributed by atoms with Crippen LogP contribution in [0.2, 0.25) is 0 Å². The van der Waals surface area contributed by atoms with Gasteiger partial charge in [0.15, 0.2) is 22.1 Å². The number of aromatic nitrogens is 2. The Morgan fingerprint density at radius 2 is 1.75 bits per heavy atom. The zero-order valence-corrected chi connectivity index (χ0v) is 18.4. The van der Waals surface area contributed by atoms with E-state index in [-0.39, 0.29) is 17.2 Å². The van der Waals surface area contributed by atoms with E-state index in [1.54, 1.807) is 6.07 Å². The molecule has 1 aliphatic rings. The molecule has 0 radical (unpaired) electrons. The summed E-state index contributed by atoms with van der Waals surface area (Å²) in [5.74, 6) is -1.14. The largest absolute Gasteiger partial charge is 0.451 e. The number of nitrogens with zero attached hydrogens (tertiary/aromatic N) is 3. The summed E-state index contributed by atoms with van der Waals surface area (Å²) in [4.78, 5) is 26.7. The summed E-state index contributed by atoms with van der Waals surface area (Å²) in [7, 11) is -1.59. The Kier molecular flexibility index (Phi) is 6.09. The molecule has 0 saturated carbocycles. The van der Waals surface area contributed by atoms with Crippen LogP contribution in [0.1, 0.15) is 16.9 Å². The van der Waals surface area contributed by atoms with Gasteiger partial charge in [-0.25, -0.2) is 17.9 Å². The van der Waals surface area contributed by atoms with Crippen LogP contribution in [0, 0.1) is 0 Å². The van der Waals surface area contributed by atoms with Crippen molar-refractivity contribution in [3.63, 3.8) is 0 Å². The highest BCUT2D eigenvalue weighted by Crippen LogP contribution is 2.22. The first-order chi connectivity index (χ1) is 15.3. The van der Waals surface area contributed by atoms with E-state index in [1.807, 2.05) is 60.7 Å². The fourth-order valence-corrected chi connectivity index (χ4v) is 5.40. The number of para-hydroxylation sites is 1. The van der Waals surface area contributed by atoms with Gasteiger partial charge in [-0.2, -0.15) is 5.10 Å². The first-order valence-corrected chi connectivity index (χ1v) is 12.0. The predicted molar refractivity (Wildman–Crippen MR) is 119 cm³/mol. The third-order valence-corrected chi connectivity index (χ3v) is 7.22. The van der Waals surface area contributed by atoms with E-state index in [2.05, 4.69) is 5.10 Å². The fraction of sp³-hybridized carbons (Fsp3) is 0.261. The highest BCUT2D eigenvalue weighted by Gasteiger charge is 2.33. The Bertz CT molecular complexity index is 1220. The van der Waals surface area contributed by atoms with Gasteiger partial charge in [0, 0.05) is 18.7 Å². The molecule has 1 fully saturated rings. The van der Waals surface area contributed by atoms with Gasteiger partial charge in [-0.15, -0.1) is 0 Å². The number of amides is 1. The molecule has 0 spiro atoms. The lowest BCUT2D eigenvalue weighted by molar-refractivity contribution is -0.134. The second kappa shape index (κ2) is 8.96. The van der Waals surface area contributed by atoms with E-state index in [0.29, 0.717) is 17.8 Å². The van der Waals surface area contributed by atoms with Crippen LogP contribution in [0.4, 0.5) is 0 Å². The predicted octanol–water partition coefficient (Wildman–Crippen LogP) is 2.34. The van der Waals surface area contributed by atoms with Gasteiger partial charge in [0.2, 0.25) is 0 Å². The Morgan fingerprint density at radius 3 is 2.38 bits per heavy atom. The molecule has 166 valence electrons. The minimum Gasteiger partial charge on any atom is -0.451 e. The summed E-state index contributed by atoms with van der Waals surface area (Å²) in [6.45, 7) is -0.480. The normalized spacial score (nSPS) is 17.1. The lowest BCUT2D eigenvalue weighted by Gasteiger charge is -2.23. The van der Waals surface area contributed by atoms with Crippen molar-refractivity contribution in [2.45, 2.75) is 12.5 Å². The number of carbonyl (C=O) groups excluding carboxylic acids is 2. The quantitative estimate of drug-likeness (QED) is 0.532. The lowest BCUT2D eigenvalue weighted by Crippen LogP contribution is -2.40. The van der Waals surface area contributed by atoms with Crippen LogP contribution in [0.5, 0.6) is 0 Å². The number of hydrogen-bond donors (Lipinski definition) is 0. The summed E-state index contributed by atoms with van der Waals surface area (Å²) >= 11 is 0. The molecule has 8 nitrogen and oxygen atoms in total. The summed E-state index contributed by atoms with van der Waals surface area (Å²) in [6, 6.07) is 19.8. The fourth-order valence-electron chi connectivity index (χ4n) is 3.63. The van der Waals surface area contributed by atoms with Crippen LogP contribution < -0.4 is 0 Å². The van der Waals surface area contributed by atoms with E-state index >= 15 is 0 Å². The molecule has 0 N–H and O–H groups in total. The van der Waals surface area contributed by atoms with E-state index in [9.17, 15) is 18.0 Å². The van der Waals surface area contributed by atoms with Gasteiger partial charge < -0.3 is 9.64 Å². The number of benzene rings is 2. The van der Waals surface area contributed by atoms with Crippen molar-refractivity contribution >= 4 is 21.7 Å². The number of hydrogen-bond acceptors (Lipinski definition) is 6. The molecule has 0 aliphatic carbocycles.